The second-order valence-corrected chi connectivity index (χ2v) is 12.8. The summed E-state index contributed by atoms with van der Waals surface area (Å²) in [5, 5.41) is 34.8. The molecule has 35 heavy (non-hydrogen) atoms. The quantitative estimate of drug-likeness (QED) is 0.406. The molecule has 0 radical (unpaired) electrons. The summed E-state index contributed by atoms with van der Waals surface area (Å²) in [6.45, 7) is 9.81. The molecule has 2 heterocycles. The molecule has 1 saturated heterocycles. The van der Waals surface area contributed by atoms with Crippen molar-refractivity contribution in [1.82, 2.24) is 0 Å². The maximum absolute atomic E-state index is 13.3. The topological polar surface area (TPSA) is 117 Å². The number of epoxide rings is 1. The van der Waals surface area contributed by atoms with Crippen molar-refractivity contribution in [2.24, 2.45) is 34.5 Å². The van der Waals surface area contributed by atoms with Gasteiger partial charge in [-0.2, -0.15) is 0 Å². The van der Waals surface area contributed by atoms with Crippen LogP contribution < -0.4 is 0 Å². The van der Waals surface area contributed by atoms with Crippen LogP contribution in [0.3, 0.4) is 0 Å². The maximum Gasteiger partial charge on any atom is 0.333 e. The van der Waals surface area contributed by atoms with Gasteiger partial charge < -0.3 is 24.8 Å². The van der Waals surface area contributed by atoms with Crippen LogP contribution in [0.4, 0.5) is 0 Å². The third kappa shape index (κ3) is 2.56. The average molecular weight is 487 g/mol. The minimum Gasteiger partial charge on any atom is -0.458 e. The van der Waals surface area contributed by atoms with Gasteiger partial charge in [0, 0.05) is 17.4 Å². The van der Waals surface area contributed by atoms with Gasteiger partial charge in [-0.05, 0) is 82.3 Å². The fraction of sp³-hybridized carbons (Fsp3) is 0.786. The predicted molar refractivity (Wildman–Crippen MR) is 126 cm³/mol. The van der Waals surface area contributed by atoms with Gasteiger partial charge in [0.05, 0.1) is 23.2 Å². The van der Waals surface area contributed by atoms with Gasteiger partial charge >= 0.3 is 5.97 Å². The minimum atomic E-state index is -1.39. The molecule has 0 aromatic rings. The molecule has 3 saturated carbocycles. The van der Waals surface area contributed by atoms with Crippen molar-refractivity contribution in [1.29, 1.82) is 0 Å². The molecule has 3 N–H and O–H groups in total. The zero-order valence-corrected chi connectivity index (χ0v) is 21.3. The van der Waals surface area contributed by atoms with Crippen LogP contribution in [0.25, 0.3) is 0 Å². The number of cyclic esters (lactones) is 1. The van der Waals surface area contributed by atoms with Crippen molar-refractivity contribution >= 4 is 11.8 Å². The summed E-state index contributed by atoms with van der Waals surface area (Å²) in [5.74, 6) is -0.937. The number of allylic oxidation sites excluding steroid dienone is 1. The summed E-state index contributed by atoms with van der Waals surface area (Å²) in [4.78, 5) is 25.8. The lowest BCUT2D eigenvalue weighted by Crippen LogP contribution is -2.70. The number of aliphatic hydroxyl groups excluding tert-OH is 2. The Morgan fingerprint density at radius 1 is 1.11 bits per heavy atom. The van der Waals surface area contributed by atoms with Crippen LogP contribution in [-0.4, -0.2) is 62.7 Å². The number of rotatable bonds is 2. The van der Waals surface area contributed by atoms with E-state index in [9.17, 15) is 24.9 Å². The number of ketones is 1. The van der Waals surface area contributed by atoms with E-state index in [2.05, 4.69) is 13.8 Å². The molecule has 0 amide bonds. The molecule has 4 aliphatic carbocycles. The highest BCUT2D eigenvalue weighted by Gasteiger charge is 2.83. The molecule has 4 fully saturated rings. The third-order valence-electron chi connectivity index (χ3n) is 11.8. The lowest BCUT2D eigenvalue weighted by atomic mass is 9.42. The molecule has 6 rings (SSSR count). The van der Waals surface area contributed by atoms with Gasteiger partial charge in [0.15, 0.2) is 5.78 Å². The average Bonchev–Trinajstić information content (AvgIpc) is 3.51. The largest absolute Gasteiger partial charge is 0.458 e. The molecule has 12 atom stereocenters. The Labute approximate surface area is 206 Å². The number of carbonyl (C=O) groups excluding carboxylic acids is 2. The predicted octanol–water partition coefficient (Wildman–Crippen LogP) is 2.47. The number of esters is 1. The van der Waals surface area contributed by atoms with E-state index in [1.165, 1.54) is 12.2 Å². The lowest BCUT2D eigenvalue weighted by Gasteiger charge is -2.61. The number of hydrogen-bond donors (Lipinski definition) is 3. The normalized spacial score (nSPS) is 55.5. The Morgan fingerprint density at radius 3 is 2.51 bits per heavy atom. The first-order chi connectivity index (χ1) is 16.3. The first-order valence-corrected chi connectivity index (χ1v) is 13.2. The van der Waals surface area contributed by atoms with Crippen molar-refractivity contribution in [2.75, 3.05) is 0 Å². The molecule has 1 spiro atoms. The molecule has 6 aliphatic rings. The number of fused-ring (bicyclic) bond motifs is 4. The highest BCUT2D eigenvalue weighted by Crippen LogP contribution is 2.74. The summed E-state index contributed by atoms with van der Waals surface area (Å²) in [5.41, 5.74) is -2.14. The van der Waals surface area contributed by atoms with Crippen LogP contribution in [0.15, 0.2) is 23.3 Å². The fourth-order valence-electron chi connectivity index (χ4n) is 9.50. The van der Waals surface area contributed by atoms with E-state index in [1.54, 1.807) is 6.92 Å². The molecule has 192 valence electrons. The monoisotopic (exact) mass is 486 g/mol. The summed E-state index contributed by atoms with van der Waals surface area (Å²) in [6.07, 6.45) is 3.59. The van der Waals surface area contributed by atoms with Crippen molar-refractivity contribution in [3.8, 4) is 0 Å². The standard InChI is InChI=1S/C28H38O7/c1-13-10-19(34-24(32)14(13)2)15(3)17-11-22(31)27(33)18-12-23-28(35-23)21(30)7-6-20(29)26(28,5)16(18)8-9-25(17,27)4/h6-7,15-19,21-23,30-31,33H,8-12H2,1-5H3/t15-,16?,17+,18+,19+,21-,22-,23+,25+,26-,27+,28+/m0/s1. The van der Waals surface area contributed by atoms with E-state index in [1.807, 2.05) is 13.8 Å². The van der Waals surface area contributed by atoms with Crippen LogP contribution in [0.2, 0.25) is 0 Å². The van der Waals surface area contributed by atoms with Crippen molar-refractivity contribution in [3.63, 3.8) is 0 Å². The number of aliphatic hydroxyl groups is 3. The van der Waals surface area contributed by atoms with Gasteiger partial charge in [-0.3, -0.25) is 4.79 Å². The second-order valence-electron chi connectivity index (χ2n) is 12.8. The molecule has 2 aliphatic heterocycles. The highest BCUT2D eigenvalue weighted by atomic mass is 16.6. The fourth-order valence-corrected chi connectivity index (χ4v) is 9.50. The van der Waals surface area contributed by atoms with Gasteiger partial charge in [-0.25, -0.2) is 4.79 Å². The van der Waals surface area contributed by atoms with Crippen LogP contribution in [0.5, 0.6) is 0 Å². The summed E-state index contributed by atoms with van der Waals surface area (Å²) < 4.78 is 12.0. The summed E-state index contributed by atoms with van der Waals surface area (Å²) >= 11 is 0. The zero-order valence-electron chi connectivity index (χ0n) is 21.3. The Morgan fingerprint density at radius 2 is 1.83 bits per heavy atom. The van der Waals surface area contributed by atoms with Gasteiger partial charge in [0.25, 0.3) is 0 Å². The number of carbonyl (C=O) groups is 2. The highest BCUT2D eigenvalue weighted by molar-refractivity contribution is 5.98. The number of ether oxygens (including phenoxy) is 2. The Bertz CT molecular complexity index is 1060. The van der Waals surface area contributed by atoms with Crippen LogP contribution in [-0.2, 0) is 19.1 Å². The van der Waals surface area contributed by atoms with E-state index in [-0.39, 0.29) is 47.6 Å². The molecular weight excluding hydrogens is 448 g/mol. The van der Waals surface area contributed by atoms with Crippen LogP contribution in [0.1, 0.15) is 66.7 Å². The van der Waals surface area contributed by atoms with Gasteiger partial charge in [0.1, 0.15) is 17.8 Å². The minimum absolute atomic E-state index is 0.0382. The van der Waals surface area contributed by atoms with Crippen molar-refractivity contribution in [2.45, 2.75) is 102 Å². The molecule has 7 nitrogen and oxygen atoms in total. The van der Waals surface area contributed by atoms with E-state index < -0.39 is 34.2 Å². The van der Waals surface area contributed by atoms with Gasteiger partial charge in [-0.15, -0.1) is 0 Å². The smallest absolute Gasteiger partial charge is 0.333 e. The number of hydrogen-bond acceptors (Lipinski definition) is 7. The van der Waals surface area contributed by atoms with Crippen molar-refractivity contribution in [3.05, 3.63) is 23.3 Å². The van der Waals surface area contributed by atoms with Gasteiger partial charge in [-0.1, -0.05) is 19.4 Å². The van der Waals surface area contributed by atoms with E-state index in [4.69, 9.17) is 9.47 Å². The maximum atomic E-state index is 13.3. The molecule has 0 aromatic heterocycles. The molecule has 1 unspecified atom stereocenters. The van der Waals surface area contributed by atoms with Gasteiger partial charge in [0.2, 0.25) is 0 Å². The Balaban J connectivity index is 1.36. The van der Waals surface area contributed by atoms with E-state index in [0.717, 1.165) is 5.57 Å². The van der Waals surface area contributed by atoms with E-state index >= 15 is 0 Å². The van der Waals surface area contributed by atoms with Crippen LogP contribution >= 0.6 is 0 Å². The lowest BCUT2D eigenvalue weighted by molar-refractivity contribution is -0.228. The first kappa shape index (κ1) is 23.8. The molecule has 7 heteroatoms. The third-order valence-corrected chi connectivity index (χ3v) is 11.8. The second kappa shape index (κ2) is 7.06. The summed E-state index contributed by atoms with van der Waals surface area (Å²) in [6, 6.07) is 0. The molecular formula is C28H38O7. The Kier molecular flexibility index (Phi) is 4.81. The first-order valence-electron chi connectivity index (χ1n) is 13.2. The molecule has 0 bridgehead atoms. The Hall–Kier alpha value is -1.54. The van der Waals surface area contributed by atoms with E-state index in [0.29, 0.717) is 37.7 Å². The zero-order chi connectivity index (χ0) is 25.3. The summed E-state index contributed by atoms with van der Waals surface area (Å²) in [7, 11) is 0. The van der Waals surface area contributed by atoms with Crippen molar-refractivity contribution < 1.29 is 34.4 Å². The van der Waals surface area contributed by atoms with Crippen LogP contribution in [0, 0.1) is 34.5 Å². The SMILES string of the molecule is CC1=C(C)C(=O)O[C@@H]([C@@H](C)[C@H]2C[C@H](O)[C@]3(O)[C@@H]4C[C@H]5O[C@]56[C@@H](O)C=CC(=O)[C@]6(C)C4CC[C@]23C)C1. The molecule has 0 aromatic carbocycles.